The highest BCUT2D eigenvalue weighted by atomic mass is 32.2. The van der Waals surface area contributed by atoms with Gasteiger partial charge < -0.3 is 5.11 Å². The highest BCUT2D eigenvalue weighted by Crippen LogP contribution is 2.05. The first-order valence-corrected chi connectivity index (χ1v) is 8.74. The van der Waals surface area contributed by atoms with Crippen LogP contribution in [0.3, 0.4) is 0 Å². The van der Waals surface area contributed by atoms with E-state index in [-0.39, 0.29) is 19.2 Å². The average Bonchev–Trinajstić information content (AvgIpc) is 2.49. The van der Waals surface area contributed by atoms with Gasteiger partial charge in [0.2, 0.25) is 4.91 Å². The van der Waals surface area contributed by atoms with Crippen molar-refractivity contribution in [3.05, 3.63) is 46.3 Å². The summed E-state index contributed by atoms with van der Waals surface area (Å²) in [6.07, 6.45) is 2.44. The van der Waals surface area contributed by atoms with Gasteiger partial charge in [0.05, 0.1) is 10.2 Å². The van der Waals surface area contributed by atoms with Crippen molar-refractivity contribution in [2.45, 2.75) is 45.3 Å². The van der Waals surface area contributed by atoms with Crippen LogP contribution in [0.15, 0.2) is 30.3 Å². The van der Waals surface area contributed by atoms with E-state index in [1.165, 1.54) is 0 Å². The maximum Gasteiger partial charge on any atom is 0.362 e. The van der Waals surface area contributed by atoms with Crippen LogP contribution in [0.2, 0.25) is 0 Å². The van der Waals surface area contributed by atoms with Gasteiger partial charge in [-0.05, 0) is 25.3 Å². The van der Waals surface area contributed by atoms with E-state index in [0.29, 0.717) is 16.9 Å². The number of aliphatic hydroxyl groups is 1. The summed E-state index contributed by atoms with van der Waals surface area (Å²) in [6, 6.07) is 9.10. The SMILES string of the molecule is CC(O)CCCCC[N+](=[N+]=[N-])S(=O)(=O)NCc1ccccc1. The quantitative estimate of drug-likeness (QED) is 0.226. The predicted octanol–water partition coefficient (Wildman–Crippen LogP) is 2.29. The Kier molecular flexibility index (Phi) is 7.90. The minimum absolute atomic E-state index is 0.0977. The maximum atomic E-state index is 12.0. The molecule has 0 aromatic heterocycles. The number of nitrogens with one attached hydrogen (secondary N) is 1. The van der Waals surface area contributed by atoms with Crippen molar-refractivity contribution in [3.8, 4) is 0 Å². The fraction of sp³-hybridized carbons (Fsp3) is 0.571. The fourth-order valence-corrected chi connectivity index (χ4v) is 2.89. The minimum atomic E-state index is -3.86. The van der Waals surface area contributed by atoms with Gasteiger partial charge in [-0.3, -0.25) is 0 Å². The fourth-order valence-electron chi connectivity index (χ4n) is 1.92. The first-order chi connectivity index (χ1) is 10.5. The monoisotopic (exact) mass is 327 g/mol. The van der Waals surface area contributed by atoms with E-state index in [1.807, 2.05) is 18.2 Å². The van der Waals surface area contributed by atoms with Gasteiger partial charge in [0.25, 0.3) is 0 Å². The van der Waals surface area contributed by atoms with Crippen LogP contribution in [0.1, 0.15) is 38.2 Å². The summed E-state index contributed by atoms with van der Waals surface area (Å²) in [5.41, 5.74) is 9.72. The molecule has 0 radical (unpaired) electrons. The maximum absolute atomic E-state index is 12.0. The molecule has 1 aromatic carbocycles. The Labute approximate surface area is 131 Å². The van der Waals surface area contributed by atoms with Crippen molar-refractivity contribution in [1.29, 1.82) is 0 Å². The summed E-state index contributed by atoms with van der Waals surface area (Å²) < 4.78 is 27.1. The number of rotatable bonds is 10. The number of hydrogen-bond acceptors (Lipinski definition) is 3. The van der Waals surface area contributed by atoms with Crippen molar-refractivity contribution >= 4 is 10.2 Å². The normalized spacial score (nSPS) is 12.6. The molecule has 0 saturated carbocycles. The van der Waals surface area contributed by atoms with E-state index in [1.54, 1.807) is 19.1 Å². The second-order valence-corrected chi connectivity index (χ2v) is 6.81. The molecule has 1 atom stereocenters. The first-order valence-electron chi connectivity index (χ1n) is 7.30. The molecular weight excluding hydrogens is 304 g/mol. The molecule has 0 heterocycles. The van der Waals surface area contributed by atoms with Crippen LogP contribution < -0.4 is 4.72 Å². The number of unbranched alkanes of at least 4 members (excludes halogenated alkanes) is 2. The van der Waals surface area contributed by atoms with Gasteiger partial charge in [0.15, 0.2) is 0 Å². The van der Waals surface area contributed by atoms with Crippen molar-refractivity contribution in [1.82, 2.24) is 4.72 Å². The van der Waals surface area contributed by atoms with Crippen LogP contribution in [0.5, 0.6) is 0 Å². The van der Waals surface area contributed by atoms with Gasteiger partial charge in [-0.25, -0.2) is 0 Å². The summed E-state index contributed by atoms with van der Waals surface area (Å²) in [7, 11) is -3.86. The lowest BCUT2D eigenvalue weighted by Crippen LogP contribution is -2.33. The topological polar surface area (TPSA) is 106 Å². The molecule has 1 rings (SSSR count). The average molecular weight is 327 g/mol. The molecule has 0 aliphatic rings. The molecule has 1 aromatic rings. The second-order valence-electron chi connectivity index (χ2n) is 5.15. The van der Waals surface area contributed by atoms with Crippen LogP contribution in [0, 0.1) is 0 Å². The number of benzene rings is 1. The molecule has 0 spiro atoms. The third-order valence-corrected chi connectivity index (χ3v) is 4.47. The molecule has 0 aliphatic carbocycles. The standard InChI is InChI=1S/C14H23N4O3S/c1-13(19)8-4-3-7-11-18(17-15)22(20,21)16-12-14-9-5-2-6-10-14/h2,5-6,9-10,13,16,19H,3-4,7-8,11-12H2,1H3/q+1. The Morgan fingerprint density at radius 2 is 1.95 bits per heavy atom. The predicted molar refractivity (Wildman–Crippen MR) is 84.2 cm³/mol. The highest BCUT2D eigenvalue weighted by Gasteiger charge is 2.22. The zero-order valence-corrected chi connectivity index (χ0v) is 13.5. The van der Waals surface area contributed by atoms with Gasteiger partial charge >= 0.3 is 15.7 Å². The number of hydrogen-bond donors (Lipinski definition) is 2. The summed E-state index contributed by atoms with van der Waals surface area (Å²) in [5.74, 6) is 0. The molecule has 0 bridgehead atoms. The molecule has 8 heteroatoms. The Morgan fingerprint density at radius 1 is 1.27 bits per heavy atom. The summed E-state index contributed by atoms with van der Waals surface area (Å²) in [4.78, 5) is 2.84. The molecular formula is C14H23N4O3S+. The molecule has 22 heavy (non-hydrogen) atoms. The summed E-state index contributed by atoms with van der Waals surface area (Å²) in [6.45, 7) is 1.95. The van der Waals surface area contributed by atoms with E-state index in [4.69, 9.17) is 10.6 Å². The van der Waals surface area contributed by atoms with Crippen LogP contribution >= 0.6 is 0 Å². The van der Waals surface area contributed by atoms with Gasteiger partial charge in [-0.1, -0.05) is 43.2 Å². The second kappa shape index (κ2) is 9.42. The zero-order chi connectivity index (χ0) is 16.4. The van der Waals surface area contributed by atoms with E-state index in [2.05, 4.69) is 9.63 Å². The Bertz CT molecular complexity index is 596. The van der Waals surface area contributed by atoms with E-state index < -0.39 is 10.2 Å². The van der Waals surface area contributed by atoms with Gasteiger partial charge in [-0.15, -0.1) is 0 Å². The summed E-state index contributed by atoms with van der Waals surface area (Å²) in [5, 5.41) is 9.14. The lowest BCUT2D eigenvalue weighted by atomic mass is 10.1. The van der Waals surface area contributed by atoms with Crippen LogP contribution in [-0.2, 0) is 16.8 Å². The zero-order valence-electron chi connectivity index (χ0n) is 12.7. The third-order valence-electron chi connectivity index (χ3n) is 3.15. The van der Waals surface area contributed by atoms with Crippen molar-refractivity contribution in [3.63, 3.8) is 0 Å². The van der Waals surface area contributed by atoms with Gasteiger partial charge in [-0.2, -0.15) is 13.1 Å². The number of aliphatic hydroxyl groups excluding tert-OH is 1. The molecule has 0 amide bonds. The van der Waals surface area contributed by atoms with E-state index in [0.717, 1.165) is 18.4 Å². The number of nitrogens with zero attached hydrogens (tertiary/aromatic N) is 3. The molecule has 0 saturated heterocycles. The highest BCUT2D eigenvalue weighted by molar-refractivity contribution is 7.83. The van der Waals surface area contributed by atoms with Crippen LogP contribution in [0.25, 0.3) is 10.4 Å². The molecule has 1 unspecified atom stereocenters. The van der Waals surface area contributed by atoms with E-state index >= 15 is 0 Å². The molecule has 0 aliphatic heterocycles. The molecule has 122 valence electrons. The van der Waals surface area contributed by atoms with Crippen LogP contribution in [-0.4, -0.2) is 30.3 Å². The van der Waals surface area contributed by atoms with Crippen molar-refractivity contribution < 1.29 is 17.6 Å². The molecule has 0 fully saturated rings. The van der Waals surface area contributed by atoms with Crippen LogP contribution in [0.4, 0.5) is 0 Å². The van der Waals surface area contributed by atoms with Gasteiger partial charge in [0.1, 0.15) is 6.54 Å². The van der Waals surface area contributed by atoms with E-state index in [9.17, 15) is 8.42 Å². The first kappa shape index (κ1) is 18.4. The van der Waals surface area contributed by atoms with Crippen molar-refractivity contribution in [2.24, 2.45) is 0 Å². The molecule has 2 N–H and O–H groups in total. The largest absolute Gasteiger partial charge is 0.393 e. The lowest BCUT2D eigenvalue weighted by Gasteiger charge is -2.05. The van der Waals surface area contributed by atoms with Gasteiger partial charge in [0, 0.05) is 6.54 Å². The molecule has 7 nitrogen and oxygen atoms in total. The summed E-state index contributed by atoms with van der Waals surface area (Å²) >= 11 is 0. The Morgan fingerprint density at radius 3 is 2.55 bits per heavy atom. The minimum Gasteiger partial charge on any atom is -0.393 e. The Balaban J connectivity index is 2.45. The van der Waals surface area contributed by atoms with Crippen molar-refractivity contribution in [2.75, 3.05) is 6.54 Å². The smallest absolute Gasteiger partial charge is 0.362 e. The lowest BCUT2D eigenvalue weighted by molar-refractivity contribution is -0.396. The third kappa shape index (κ3) is 6.91. The Hall–Kier alpha value is -1.60.